The fraction of sp³-hybridized carbons (Fsp3) is 0.571. The molecule has 2 atom stereocenters. The van der Waals surface area contributed by atoms with Crippen molar-refractivity contribution in [1.29, 1.82) is 0 Å². The normalized spacial score (nSPS) is 22.0. The summed E-state index contributed by atoms with van der Waals surface area (Å²) in [6.45, 7) is 6.69. The van der Waals surface area contributed by atoms with Gasteiger partial charge in [-0.15, -0.1) is 0 Å². The zero-order valence-electron chi connectivity index (χ0n) is 11.0. The monoisotopic (exact) mass is 268 g/mol. The highest BCUT2D eigenvalue weighted by atomic mass is 35.5. The van der Waals surface area contributed by atoms with Gasteiger partial charge >= 0.3 is 0 Å². The van der Waals surface area contributed by atoms with Crippen LogP contribution in [-0.4, -0.2) is 25.8 Å². The molecule has 0 aliphatic carbocycles. The summed E-state index contributed by atoms with van der Waals surface area (Å²) >= 11 is 6.36. The molecule has 0 aromatic heterocycles. The molecular formula is C14H21ClN2O. The first-order chi connectivity index (χ1) is 8.61. The van der Waals surface area contributed by atoms with Gasteiger partial charge in [0.2, 0.25) is 0 Å². The zero-order valence-corrected chi connectivity index (χ0v) is 11.8. The standard InChI is InChI=1S/C14H21ClN2O/c1-3-12-9-17(6-7-18-12)14-5-4-11(10(2)16)8-13(14)15/h4-5,8,10,12H,3,6-7,9,16H2,1-2H3/t10-,12?/m0/s1. The highest BCUT2D eigenvalue weighted by molar-refractivity contribution is 6.33. The minimum atomic E-state index is 0.0182. The van der Waals surface area contributed by atoms with Crippen LogP contribution < -0.4 is 10.6 Å². The molecule has 0 saturated carbocycles. The minimum absolute atomic E-state index is 0.0182. The summed E-state index contributed by atoms with van der Waals surface area (Å²) < 4.78 is 5.68. The van der Waals surface area contributed by atoms with Crippen molar-refractivity contribution in [2.75, 3.05) is 24.6 Å². The number of hydrogen-bond acceptors (Lipinski definition) is 3. The van der Waals surface area contributed by atoms with E-state index in [0.717, 1.165) is 42.4 Å². The third-order valence-electron chi connectivity index (χ3n) is 3.43. The lowest BCUT2D eigenvalue weighted by molar-refractivity contribution is 0.0384. The zero-order chi connectivity index (χ0) is 13.1. The lowest BCUT2D eigenvalue weighted by Crippen LogP contribution is -2.42. The van der Waals surface area contributed by atoms with Gasteiger partial charge in [0.25, 0.3) is 0 Å². The molecule has 0 bridgehead atoms. The Hall–Kier alpha value is -0.770. The van der Waals surface area contributed by atoms with Crippen LogP contribution in [0.5, 0.6) is 0 Å². The first kappa shape index (κ1) is 13.7. The molecular weight excluding hydrogens is 248 g/mol. The minimum Gasteiger partial charge on any atom is -0.375 e. The van der Waals surface area contributed by atoms with Crippen LogP contribution in [0.25, 0.3) is 0 Å². The molecule has 1 aliphatic rings. The van der Waals surface area contributed by atoms with E-state index in [0.29, 0.717) is 6.10 Å². The molecule has 4 heteroatoms. The van der Waals surface area contributed by atoms with Gasteiger partial charge in [0, 0.05) is 19.1 Å². The molecule has 1 saturated heterocycles. The van der Waals surface area contributed by atoms with Crippen molar-refractivity contribution in [2.24, 2.45) is 5.73 Å². The van der Waals surface area contributed by atoms with Crippen LogP contribution in [-0.2, 0) is 4.74 Å². The number of nitrogens with two attached hydrogens (primary N) is 1. The highest BCUT2D eigenvalue weighted by Gasteiger charge is 2.21. The fourth-order valence-electron chi connectivity index (χ4n) is 2.25. The van der Waals surface area contributed by atoms with E-state index < -0.39 is 0 Å². The van der Waals surface area contributed by atoms with Crippen molar-refractivity contribution in [1.82, 2.24) is 0 Å². The van der Waals surface area contributed by atoms with Crippen LogP contribution in [0.15, 0.2) is 18.2 Å². The first-order valence-corrected chi connectivity index (χ1v) is 6.91. The van der Waals surface area contributed by atoms with E-state index in [9.17, 15) is 0 Å². The van der Waals surface area contributed by atoms with Crippen molar-refractivity contribution in [3.05, 3.63) is 28.8 Å². The SMILES string of the molecule is CCC1CN(c2ccc([C@H](C)N)cc2Cl)CCO1. The molecule has 0 radical (unpaired) electrons. The summed E-state index contributed by atoms with van der Waals surface area (Å²) in [5, 5.41) is 0.779. The predicted octanol–water partition coefficient (Wildman–Crippen LogP) is 2.97. The maximum atomic E-state index is 6.36. The molecule has 0 spiro atoms. The van der Waals surface area contributed by atoms with Gasteiger partial charge in [-0.1, -0.05) is 24.6 Å². The maximum absolute atomic E-state index is 6.36. The van der Waals surface area contributed by atoms with Gasteiger partial charge in [0.15, 0.2) is 0 Å². The van der Waals surface area contributed by atoms with Gasteiger partial charge in [-0.3, -0.25) is 0 Å². The molecule has 1 unspecified atom stereocenters. The number of hydrogen-bond donors (Lipinski definition) is 1. The molecule has 1 aromatic rings. The Kier molecular flexibility index (Phi) is 4.49. The summed E-state index contributed by atoms with van der Waals surface area (Å²) in [7, 11) is 0. The van der Waals surface area contributed by atoms with Gasteiger partial charge in [-0.2, -0.15) is 0 Å². The van der Waals surface area contributed by atoms with E-state index in [1.54, 1.807) is 0 Å². The van der Waals surface area contributed by atoms with E-state index in [4.69, 9.17) is 22.1 Å². The second kappa shape index (κ2) is 5.91. The van der Waals surface area contributed by atoms with Gasteiger partial charge in [-0.05, 0) is 31.0 Å². The first-order valence-electron chi connectivity index (χ1n) is 6.53. The Morgan fingerprint density at radius 2 is 2.33 bits per heavy atom. The number of anilines is 1. The lowest BCUT2D eigenvalue weighted by atomic mass is 10.1. The molecule has 3 nitrogen and oxygen atoms in total. The van der Waals surface area contributed by atoms with E-state index >= 15 is 0 Å². The van der Waals surface area contributed by atoms with E-state index in [2.05, 4.69) is 24.0 Å². The Labute approximate surface area is 114 Å². The van der Waals surface area contributed by atoms with Crippen molar-refractivity contribution >= 4 is 17.3 Å². The Morgan fingerprint density at radius 1 is 1.56 bits per heavy atom. The van der Waals surface area contributed by atoms with Gasteiger partial charge in [-0.25, -0.2) is 0 Å². The predicted molar refractivity (Wildman–Crippen MR) is 76.3 cm³/mol. The smallest absolute Gasteiger partial charge is 0.0748 e. The number of benzene rings is 1. The summed E-state index contributed by atoms with van der Waals surface area (Å²) in [6, 6.07) is 6.11. The molecule has 1 aliphatic heterocycles. The number of nitrogens with zero attached hydrogens (tertiary/aromatic N) is 1. The quantitative estimate of drug-likeness (QED) is 0.916. The summed E-state index contributed by atoms with van der Waals surface area (Å²) in [6.07, 6.45) is 1.34. The van der Waals surface area contributed by atoms with Crippen LogP contribution in [0.4, 0.5) is 5.69 Å². The summed E-state index contributed by atoms with van der Waals surface area (Å²) in [5.74, 6) is 0. The van der Waals surface area contributed by atoms with Crippen molar-refractivity contribution in [3.8, 4) is 0 Å². The lowest BCUT2D eigenvalue weighted by Gasteiger charge is -2.34. The number of ether oxygens (including phenoxy) is 1. The van der Waals surface area contributed by atoms with Crippen molar-refractivity contribution < 1.29 is 4.74 Å². The molecule has 2 N–H and O–H groups in total. The average Bonchev–Trinajstić information content (AvgIpc) is 2.38. The topological polar surface area (TPSA) is 38.5 Å². The molecule has 0 amide bonds. The third-order valence-corrected chi connectivity index (χ3v) is 3.74. The summed E-state index contributed by atoms with van der Waals surface area (Å²) in [5.41, 5.74) is 8.02. The average molecular weight is 269 g/mol. The van der Waals surface area contributed by atoms with E-state index in [-0.39, 0.29) is 6.04 Å². The Bertz CT molecular complexity index is 409. The van der Waals surface area contributed by atoms with Crippen LogP contribution in [0.1, 0.15) is 31.9 Å². The van der Waals surface area contributed by atoms with Crippen LogP contribution >= 0.6 is 11.6 Å². The van der Waals surface area contributed by atoms with Gasteiger partial charge < -0.3 is 15.4 Å². The third kappa shape index (κ3) is 2.97. The fourth-order valence-corrected chi connectivity index (χ4v) is 2.56. The maximum Gasteiger partial charge on any atom is 0.0748 e. The summed E-state index contributed by atoms with van der Waals surface area (Å²) in [4.78, 5) is 2.30. The van der Waals surface area contributed by atoms with Crippen molar-refractivity contribution in [3.63, 3.8) is 0 Å². The Balaban J connectivity index is 2.17. The number of rotatable bonds is 3. The molecule has 18 heavy (non-hydrogen) atoms. The Morgan fingerprint density at radius 3 is 2.94 bits per heavy atom. The second-order valence-corrected chi connectivity index (χ2v) is 5.25. The molecule has 1 fully saturated rings. The van der Waals surface area contributed by atoms with Crippen molar-refractivity contribution in [2.45, 2.75) is 32.4 Å². The number of morpholine rings is 1. The van der Waals surface area contributed by atoms with E-state index in [1.165, 1.54) is 0 Å². The molecule has 1 heterocycles. The molecule has 1 aromatic carbocycles. The molecule has 100 valence electrons. The largest absolute Gasteiger partial charge is 0.375 e. The van der Waals surface area contributed by atoms with Gasteiger partial charge in [0.1, 0.15) is 0 Å². The molecule has 2 rings (SSSR count). The van der Waals surface area contributed by atoms with Crippen LogP contribution in [0.3, 0.4) is 0 Å². The van der Waals surface area contributed by atoms with E-state index in [1.807, 2.05) is 13.0 Å². The highest BCUT2D eigenvalue weighted by Crippen LogP contribution is 2.30. The number of halogens is 1. The van der Waals surface area contributed by atoms with Crippen LogP contribution in [0.2, 0.25) is 5.02 Å². The van der Waals surface area contributed by atoms with Crippen LogP contribution in [0, 0.1) is 0 Å². The van der Waals surface area contributed by atoms with Gasteiger partial charge in [0.05, 0.1) is 23.4 Å². The second-order valence-electron chi connectivity index (χ2n) is 4.85.